The maximum Gasteiger partial charge on any atom is 0.243 e. The number of piperidine rings is 2. The van der Waals surface area contributed by atoms with Crippen molar-refractivity contribution in [1.29, 1.82) is 0 Å². The summed E-state index contributed by atoms with van der Waals surface area (Å²) in [7, 11) is -7.59. The first-order valence-electron chi connectivity index (χ1n) is 11.7. The molecule has 0 bridgehead atoms. The molecule has 0 spiro atoms. The van der Waals surface area contributed by atoms with Crippen molar-refractivity contribution in [2.75, 3.05) is 25.9 Å². The molecule has 2 atom stereocenters. The number of hydrogen-bond acceptors (Lipinski definition) is 5. The van der Waals surface area contributed by atoms with E-state index in [1.54, 1.807) is 29.2 Å². The number of carbonyl (C=O) groups excluding carboxylic acids is 1. The van der Waals surface area contributed by atoms with E-state index in [4.69, 9.17) is 0 Å². The molecule has 4 rings (SSSR count). The van der Waals surface area contributed by atoms with Crippen molar-refractivity contribution in [2.45, 2.75) is 42.7 Å². The summed E-state index contributed by atoms with van der Waals surface area (Å²) in [6.07, 6.45) is 2.88. The first-order valence-corrected chi connectivity index (χ1v) is 15.1. The Bertz CT molecular complexity index is 1310. The van der Waals surface area contributed by atoms with Gasteiger partial charge in [0.15, 0.2) is 11.6 Å². The highest BCUT2D eigenvalue weighted by Gasteiger charge is 2.41. The van der Waals surface area contributed by atoms with Crippen molar-refractivity contribution >= 4 is 26.0 Å². The van der Waals surface area contributed by atoms with E-state index in [0.717, 1.165) is 24.0 Å². The van der Waals surface area contributed by atoms with Crippen LogP contribution in [0.4, 0.5) is 8.78 Å². The van der Waals surface area contributed by atoms with Gasteiger partial charge in [0.25, 0.3) is 0 Å². The van der Waals surface area contributed by atoms with Gasteiger partial charge in [-0.25, -0.2) is 30.3 Å². The number of amides is 1. The highest BCUT2D eigenvalue weighted by atomic mass is 32.2. The van der Waals surface area contributed by atoms with Crippen molar-refractivity contribution in [2.24, 2.45) is 5.92 Å². The number of benzene rings is 2. The number of hydrogen-bond donors (Lipinski definition) is 1. The fourth-order valence-corrected chi connectivity index (χ4v) is 7.51. The third-order valence-electron chi connectivity index (χ3n) is 6.76. The molecule has 36 heavy (non-hydrogen) atoms. The number of sulfonamides is 2. The van der Waals surface area contributed by atoms with Crippen LogP contribution in [0.2, 0.25) is 0 Å². The molecule has 2 aliphatic heterocycles. The van der Waals surface area contributed by atoms with Gasteiger partial charge in [-0.2, -0.15) is 4.31 Å². The standard InChI is InChI=1S/C24H29F2N3O5S2/c1-35(31,32)27-19-11-13-28(14-12-19)24(30)18-7-10-23(17-5-3-2-4-6-17)29(16-18)36(33,34)20-8-9-21(25)22(26)15-20/h2-6,8-9,15,18-19,23,27H,7,10-14,16H2,1H3. The van der Waals surface area contributed by atoms with E-state index in [2.05, 4.69) is 4.72 Å². The highest BCUT2D eigenvalue weighted by Crippen LogP contribution is 2.38. The third-order valence-corrected chi connectivity index (χ3v) is 9.39. The van der Waals surface area contributed by atoms with Crippen LogP contribution in [-0.2, 0) is 24.8 Å². The van der Waals surface area contributed by atoms with Gasteiger partial charge < -0.3 is 4.90 Å². The van der Waals surface area contributed by atoms with E-state index in [9.17, 15) is 30.4 Å². The van der Waals surface area contributed by atoms with Crippen molar-refractivity contribution in [3.63, 3.8) is 0 Å². The summed E-state index contributed by atoms with van der Waals surface area (Å²) in [6, 6.07) is 10.7. The molecule has 0 radical (unpaired) electrons. The Morgan fingerprint density at radius 2 is 1.58 bits per heavy atom. The summed E-state index contributed by atoms with van der Waals surface area (Å²) < 4.78 is 81.4. The third kappa shape index (κ3) is 5.93. The Balaban J connectivity index is 1.56. The number of rotatable bonds is 6. The zero-order valence-corrected chi connectivity index (χ0v) is 21.4. The first kappa shape index (κ1) is 26.6. The molecule has 196 valence electrons. The molecule has 2 aliphatic rings. The topological polar surface area (TPSA) is 104 Å². The van der Waals surface area contributed by atoms with Gasteiger partial charge >= 0.3 is 0 Å². The number of halogens is 2. The van der Waals surface area contributed by atoms with Crippen molar-refractivity contribution in [3.05, 3.63) is 65.7 Å². The monoisotopic (exact) mass is 541 g/mol. The largest absolute Gasteiger partial charge is 0.342 e. The fraction of sp³-hybridized carbons (Fsp3) is 0.458. The molecule has 2 fully saturated rings. The Kier molecular flexibility index (Phi) is 7.79. The van der Waals surface area contributed by atoms with E-state index in [-0.39, 0.29) is 23.4 Å². The second-order valence-electron chi connectivity index (χ2n) is 9.34. The summed E-state index contributed by atoms with van der Waals surface area (Å²) in [5.41, 5.74) is 0.752. The van der Waals surface area contributed by atoms with Crippen LogP contribution in [-0.4, -0.2) is 63.9 Å². The first-order chi connectivity index (χ1) is 17.0. The summed E-state index contributed by atoms with van der Waals surface area (Å²) in [6.45, 7) is 0.627. The van der Waals surface area contributed by atoms with Crippen LogP contribution < -0.4 is 4.72 Å². The van der Waals surface area contributed by atoms with Crippen LogP contribution in [0.3, 0.4) is 0 Å². The number of carbonyl (C=O) groups is 1. The zero-order valence-electron chi connectivity index (χ0n) is 19.8. The van der Waals surface area contributed by atoms with Gasteiger partial charge in [-0.1, -0.05) is 30.3 Å². The summed E-state index contributed by atoms with van der Waals surface area (Å²) in [4.78, 5) is 14.6. The summed E-state index contributed by atoms with van der Waals surface area (Å²) >= 11 is 0. The molecule has 2 heterocycles. The molecule has 12 heteroatoms. The van der Waals surface area contributed by atoms with Crippen LogP contribution in [0.1, 0.15) is 37.3 Å². The lowest BCUT2D eigenvalue weighted by Gasteiger charge is -2.41. The van der Waals surface area contributed by atoms with Crippen molar-refractivity contribution in [3.8, 4) is 0 Å². The average molecular weight is 542 g/mol. The number of likely N-dealkylation sites (tertiary alicyclic amines) is 1. The van der Waals surface area contributed by atoms with Gasteiger partial charge in [0, 0.05) is 25.7 Å². The predicted octanol–water partition coefficient (Wildman–Crippen LogP) is 2.65. The Hall–Kier alpha value is -2.41. The van der Waals surface area contributed by atoms with Crippen molar-refractivity contribution < 1.29 is 30.4 Å². The minimum atomic E-state index is -4.25. The van der Waals surface area contributed by atoms with Gasteiger partial charge in [0.05, 0.1) is 23.1 Å². The van der Waals surface area contributed by atoms with E-state index in [1.165, 1.54) is 4.31 Å². The normalized spacial score (nSPS) is 22.5. The number of nitrogens with zero attached hydrogens (tertiary/aromatic N) is 2. The summed E-state index contributed by atoms with van der Waals surface area (Å²) in [5, 5.41) is 0. The molecule has 2 saturated heterocycles. The molecule has 1 amide bonds. The molecule has 0 aromatic heterocycles. The minimum Gasteiger partial charge on any atom is -0.342 e. The Labute approximate surface area is 210 Å². The van der Waals surface area contributed by atoms with Gasteiger partial charge in [-0.3, -0.25) is 4.79 Å². The van der Waals surface area contributed by atoms with Crippen LogP contribution >= 0.6 is 0 Å². The van der Waals surface area contributed by atoms with Gasteiger partial charge in [0.2, 0.25) is 26.0 Å². The van der Waals surface area contributed by atoms with E-state index in [1.807, 2.05) is 6.07 Å². The maximum atomic E-state index is 13.9. The average Bonchev–Trinajstić information content (AvgIpc) is 2.85. The lowest BCUT2D eigenvalue weighted by Crippen LogP contribution is -2.51. The molecule has 0 aliphatic carbocycles. The Morgan fingerprint density at radius 1 is 0.917 bits per heavy atom. The second kappa shape index (κ2) is 10.5. The predicted molar refractivity (Wildman–Crippen MR) is 130 cm³/mol. The summed E-state index contributed by atoms with van der Waals surface area (Å²) in [5.74, 6) is -3.20. The van der Waals surface area contributed by atoms with Gasteiger partial charge in [0.1, 0.15) is 0 Å². The van der Waals surface area contributed by atoms with Gasteiger partial charge in [-0.15, -0.1) is 0 Å². The van der Waals surface area contributed by atoms with Crippen LogP contribution in [0.15, 0.2) is 53.4 Å². The molecular formula is C24H29F2N3O5S2. The molecule has 8 nitrogen and oxygen atoms in total. The number of nitrogens with one attached hydrogen (secondary N) is 1. The lowest BCUT2D eigenvalue weighted by molar-refractivity contribution is -0.138. The van der Waals surface area contributed by atoms with Crippen LogP contribution in [0, 0.1) is 17.6 Å². The fourth-order valence-electron chi connectivity index (χ4n) is 4.97. The van der Waals surface area contributed by atoms with E-state index < -0.39 is 43.6 Å². The Morgan fingerprint density at radius 3 is 2.19 bits per heavy atom. The molecule has 2 unspecified atom stereocenters. The molecule has 1 N–H and O–H groups in total. The molecule has 0 saturated carbocycles. The highest BCUT2D eigenvalue weighted by molar-refractivity contribution is 7.89. The van der Waals surface area contributed by atoms with Crippen molar-refractivity contribution in [1.82, 2.24) is 13.9 Å². The smallest absolute Gasteiger partial charge is 0.243 e. The lowest BCUT2D eigenvalue weighted by atomic mass is 9.89. The molecule has 2 aromatic rings. The zero-order chi connectivity index (χ0) is 26.1. The van der Waals surface area contributed by atoms with Gasteiger partial charge in [-0.05, 0) is 49.4 Å². The van der Waals surface area contributed by atoms with E-state index in [0.29, 0.717) is 44.8 Å². The molecular weight excluding hydrogens is 512 g/mol. The van der Waals surface area contributed by atoms with E-state index >= 15 is 0 Å². The quantitative estimate of drug-likeness (QED) is 0.606. The minimum absolute atomic E-state index is 0.0960. The maximum absolute atomic E-state index is 13.9. The SMILES string of the molecule is CS(=O)(=O)NC1CCN(C(=O)C2CCC(c3ccccc3)N(S(=O)(=O)c3ccc(F)c(F)c3)C2)CC1. The van der Waals surface area contributed by atoms with Crippen LogP contribution in [0.5, 0.6) is 0 Å². The second-order valence-corrected chi connectivity index (χ2v) is 13.0. The van der Waals surface area contributed by atoms with Crippen LogP contribution in [0.25, 0.3) is 0 Å². The molecule has 2 aromatic carbocycles.